The third kappa shape index (κ3) is 9.38. The Balaban J connectivity index is 1.40. The van der Waals surface area contributed by atoms with Crippen LogP contribution in [0.3, 0.4) is 0 Å². The lowest BCUT2D eigenvalue weighted by Gasteiger charge is -2.29. The van der Waals surface area contributed by atoms with Crippen LogP contribution in [0.25, 0.3) is 0 Å². The van der Waals surface area contributed by atoms with Crippen molar-refractivity contribution in [1.82, 2.24) is 0 Å². The van der Waals surface area contributed by atoms with E-state index in [9.17, 15) is 0 Å². The molecule has 1 aliphatic rings. The van der Waals surface area contributed by atoms with Crippen molar-refractivity contribution in [2.24, 2.45) is 0 Å². The zero-order valence-electron chi connectivity index (χ0n) is 24.6. The van der Waals surface area contributed by atoms with Gasteiger partial charge in [-0.3, -0.25) is 0 Å². The molecule has 1 aliphatic heterocycles. The van der Waals surface area contributed by atoms with E-state index in [2.05, 4.69) is 74.2 Å². The monoisotopic (exact) mass is 596 g/mol. The third-order valence-corrected chi connectivity index (χ3v) is 8.40. The van der Waals surface area contributed by atoms with Gasteiger partial charge in [-0.05, 0) is 35.7 Å². The topological polar surface area (TPSA) is 46.2 Å². The SMILES string of the molecule is C=CCO[C@@H]1[C@@H](OCc2ccccc2)[C@@H]([C@@H](COCc2ccccc2)OCc2ccccc2)O[C@H]1Sc1ccc(C)cc1. The standard InChI is InChI=1S/C37H40O5S/c1-3-23-39-36-35(41-26-31-17-11-6-12-18-31)34(42-37(36)43-32-21-19-28(2)20-22-32)33(40-25-30-15-9-5-10-16-30)27-38-24-29-13-7-4-8-14-29/h3-22,33-37H,1,23-27H2,2H3/t33-,34-,35+,36-,37+/m1/s1. The van der Waals surface area contributed by atoms with E-state index in [1.54, 1.807) is 17.8 Å². The normalized spacial score (nSPS) is 20.6. The summed E-state index contributed by atoms with van der Waals surface area (Å²) in [5.74, 6) is 0. The fraction of sp³-hybridized carbons (Fsp3) is 0.297. The summed E-state index contributed by atoms with van der Waals surface area (Å²) in [6.07, 6.45) is 0.185. The van der Waals surface area contributed by atoms with E-state index < -0.39 is 18.3 Å². The summed E-state index contributed by atoms with van der Waals surface area (Å²) >= 11 is 1.64. The number of hydrogen-bond donors (Lipinski definition) is 0. The second kappa shape index (κ2) is 16.6. The molecular formula is C37H40O5S. The lowest BCUT2D eigenvalue weighted by Crippen LogP contribution is -2.45. The molecule has 6 heteroatoms. The van der Waals surface area contributed by atoms with Crippen molar-refractivity contribution in [1.29, 1.82) is 0 Å². The maximum absolute atomic E-state index is 6.83. The average molecular weight is 597 g/mol. The molecule has 0 bridgehead atoms. The molecule has 5 nitrogen and oxygen atoms in total. The van der Waals surface area contributed by atoms with E-state index in [1.807, 2.05) is 54.6 Å². The lowest BCUT2D eigenvalue weighted by atomic mass is 10.1. The van der Waals surface area contributed by atoms with E-state index in [-0.39, 0.29) is 11.5 Å². The van der Waals surface area contributed by atoms with Crippen LogP contribution >= 0.6 is 11.8 Å². The molecule has 1 fully saturated rings. The average Bonchev–Trinajstić information content (AvgIpc) is 3.39. The van der Waals surface area contributed by atoms with Gasteiger partial charge < -0.3 is 23.7 Å². The van der Waals surface area contributed by atoms with Crippen LogP contribution < -0.4 is 0 Å². The van der Waals surface area contributed by atoms with Gasteiger partial charge in [-0.2, -0.15) is 0 Å². The van der Waals surface area contributed by atoms with E-state index in [4.69, 9.17) is 23.7 Å². The first-order valence-electron chi connectivity index (χ1n) is 14.7. The number of rotatable bonds is 16. The number of ether oxygens (including phenoxy) is 5. The molecular weight excluding hydrogens is 556 g/mol. The van der Waals surface area contributed by atoms with Crippen LogP contribution in [-0.2, 0) is 43.5 Å². The van der Waals surface area contributed by atoms with Crippen LogP contribution in [0.2, 0.25) is 0 Å². The molecule has 5 rings (SSSR count). The van der Waals surface area contributed by atoms with Gasteiger partial charge in [0, 0.05) is 4.90 Å². The fourth-order valence-electron chi connectivity index (χ4n) is 4.99. The smallest absolute Gasteiger partial charge is 0.137 e. The van der Waals surface area contributed by atoms with Gasteiger partial charge in [-0.25, -0.2) is 0 Å². The van der Waals surface area contributed by atoms with Crippen molar-refractivity contribution in [2.75, 3.05) is 13.2 Å². The minimum atomic E-state index is -0.430. The Labute approximate surface area is 259 Å². The van der Waals surface area contributed by atoms with Crippen LogP contribution in [0.4, 0.5) is 0 Å². The fourth-order valence-corrected chi connectivity index (χ4v) is 6.10. The summed E-state index contributed by atoms with van der Waals surface area (Å²) in [6, 6.07) is 39.0. The van der Waals surface area contributed by atoms with E-state index in [0.717, 1.165) is 21.6 Å². The zero-order valence-corrected chi connectivity index (χ0v) is 25.4. The molecule has 0 spiro atoms. The van der Waals surface area contributed by atoms with E-state index >= 15 is 0 Å². The molecule has 5 atom stereocenters. The van der Waals surface area contributed by atoms with Gasteiger partial charge in [0.1, 0.15) is 29.9 Å². The molecule has 0 aromatic heterocycles. The minimum absolute atomic E-state index is 0.314. The van der Waals surface area contributed by atoms with Gasteiger partial charge in [0.25, 0.3) is 0 Å². The van der Waals surface area contributed by atoms with Crippen molar-refractivity contribution >= 4 is 11.8 Å². The summed E-state index contributed by atoms with van der Waals surface area (Å²) < 4.78 is 32.7. The van der Waals surface area contributed by atoms with Gasteiger partial charge in [0.15, 0.2) is 0 Å². The highest BCUT2D eigenvalue weighted by Crippen LogP contribution is 2.39. The summed E-state index contributed by atoms with van der Waals surface area (Å²) in [5, 5.41) is 0. The van der Waals surface area contributed by atoms with E-state index in [0.29, 0.717) is 33.0 Å². The van der Waals surface area contributed by atoms with Gasteiger partial charge >= 0.3 is 0 Å². The molecule has 1 saturated heterocycles. The Hall–Kier alpha value is -3.23. The molecule has 0 amide bonds. The molecule has 0 radical (unpaired) electrons. The van der Waals surface area contributed by atoms with Crippen LogP contribution in [0.15, 0.2) is 133 Å². The number of aryl methyl sites for hydroxylation is 1. The molecule has 0 aliphatic carbocycles. The Morgan fingerprint density at radius 1 is 0.721 bits per heavy atom. The molecule has 43 heavy (non-hydrogen) atoms. The number of thioether (sulfide) groups is 1. The van der Waals surface area contributed by atoms with Crippen molar-refractivity contribution < 1.29 is 23.7 Å². The molecule has 4 aromatic carbocycles. The Bertz CT molecular complexity index is 1350. The minimum Gasteiger partial charge on any atom is -0.374 e. The molecule has 0 N–H and O–H groups in total. The number of hydrogen-bond acceptors (Lipinski definition) is 6. The van der Waals surface area contributed by atoms with Crippen molar-refractivity contribution in [3.05, 3.63) is 150 Å². The molecule has 0 unspecified atom stereocenters. The number of benzene rings is 4. The highest BCUT2D eigenvalue weighted by molar-refractivity contribution is 7.99. The zero-order chi connectivity index (χ0) is 29.7. The predicted octanol–water partition coefficient (Wildman–Crippen LogP) is 7.77. The summed E-state index contributed by atoms with van der Waals surface area (Å²) in [4.78, 5) is 1.10. The molecule has 4 aromatic rings. The molecule has 224 valence electrons. The van der Waals surface area contributed by atoms with Crippen molar-refractivity contribution in [3.63, 3.8) is 0 Å². The maximum atomic E-state index is 6.83. The van der Waals surface area contributed by atoms with Gasteiger partial charge in [-0.1, -0.05) is 127 Å². The summed E-state index contributed by atoms with van der Waals surface area (Å²) in [7, 11) is 0. The van der Waals surface area contributed by atoms with Crippen molar-refractivity contribution in [2.45, 2.75) is 61.5 Å². The summed E-state index contributed by atoms with van der Waals surface area (Å²) in [6.45, 7) is 8.04. The van der Waals surface area contributed by atoms with Gasteiger partial charge in [0.05, 0.1) is 33.0 Å². The van der Waals surface area contributed by atoms with Gasteiger partial charge in [0.2, 0.25) is 0 Å². The molecule has 0 saturated carbocycles. The Morgan fingerprint density at radius 2 is 1.30 bits per heavy atom. The van der Waals surface area contributed by atoms with Crippen LogP contribution in [-0.4, -0.2) is 43.1 Å². The highest BCUT2D eigenvalue weighted by Gasteiger charge is 2.50. The highest BCUT2D eigenvalue weighted by atomic mass is 32.2. The second-order valence-corrected chi connectivity index (χ2v) is 11.8. The third-order valence-electron chi connectivity index (χ3n) is 7.24. The molecule has 1 heterocycles. The van der Waals surface area contributed by atoms with Gasteiger partial charge in [-0.15, -0.1) is 6.58 Å². The second-order valence-electron chi connectivity index (χ2n) is 10.6. The Morgan fingerprint density at radius 3 is 1.91 bits per heavy atom. The first-order valence-corrected chi connectivity index (χ1v) is 15.6. The van der Waals surface area contributed by atoms with Crippen LogP contribution in [0, 0.1) is 6.92 Å². The van der Waals surface area contributed by atoms with E-state index in [1.165, 1.54) is 5.56 Å². The van der Waals surface area contributed by atoms with Crippen LogP contribution in [0.1, 0.15) is 22.3 Å². The first kappa shape index (κ1) is 31.2. The lowest BCUT2D eigenvalue weighted by molar-refractivity contribution is -0.137. The first-order chi connectivity index (χ1) is 21.2. The van der Waals surface area contributed by atoms with Crippen molar-refractivity contribution in [3.8, 4) is 0 Å². The quantitative estimate of drug-likeness (QED) is 0.123. The van der Waals surface area contributed by atoms with Crippen LogP contribution in [0.5, 0.6) is 0 Å². The predicted molar refractivity (Wildman–Crippen MR) is 172 cm³/mol. The summed E-state index contributed by atoms with van der Waals surface area (Å²) in [5.41, 5.74) is 4.17. The Kier molecular flexibility index (Phi) is 12.0. The largest absolute Gasteiger partial charge is 0.374 e. The maximum Gasteiger partial charge on any atom is 0.137 e.